The number of benzene rings is 2. The van der Waals surface area contributed by atoms with Crippen LogP contribution in [0.4, 0.5) is 0 Å². The highest BCUT2D eigenvalue weighted by molar-refractivity contribution is 7.88. The normalized spacial score (nSPS) is 15.3. The van der Waals surface area contributed by atoms with Crippen LogP contribution < -0.4 is 10.1 Å². The van der Waals surface area contributed by atoms with Gasteiger partial charge in [0.05, 0.1) is 12.2 Å². The van der Waals surface area contributed by atoms with Crippen LogP contribution >= 0.6 is 0 Å². The van der Waals surface area contributed by atoms with E-state index in [0.717, 1.165) is 23.1 Å². The monoisotopic (exact) mass is 374 g/mol. The molecule has 0 unspecified atom stereocenters. The fourth-order valence-corrected chi connectivity index (χ4v) is 3.55. The molecule has 7 heteroatoms. The van der Waals surface area contributed by atoms with Gasteiger partial charge in [0.25, 0.3) is 0 Å². The van der Waals surface area contributed by atoms with Crippen molar-refractivity contribution in [3.05, 3.63) is 65.7 Å². The largest absolute Gasteiger partial charge is 0.489 e. The lowest BCUT2D eigenvalue weighted by Gasteiger charge is -2.35. The van der Waals surface area contributed by atoms with Crippen LogP contribution in [0.2, 0.25) is 0 Å². The summed E-state index contributed by atoms with van der Waals surface area (Å²) in [5, 5.41) is 2.85. The summed E-state index contributed by atoms with van der Waals surface area (Å²) in [6.45, 7) is 1.44. The number of amides is 1. The second kappa shape index (κ2) is 7.88. The molecule has 1 aliphatic rings. The number of hydrogen-bond donors (Lipinski definition) is 1. The van der Waals surface area contributed by atoms with Gasteiger partial charge in [0.1, 0.15) is 12.4 Å². The van der Waals surface area contributed by atoms with Crippen molar-refractivity contribution in [1.82, 2.24) is 9.62 Å². The predicted octanol–water partition coefficient (Wildman–Crippen LogP) is 1.77. The molecule has 1 fully saturated rings. The molecule has 26 heavy (non-hydrogen) atoms. The molecule has 138 valence electrons. The van der Waals surface area contributed by atoms with Crippen LogP contribution in [-0.4, -0.2) is 38.0 Å². The first-order chi connectivity index (χ1) is 12.4. The number of carbonyl (C=O) groups is 1. The highest BCUT2D eigenvalue weighted by Crippen LogP contribution is 2.19. The maximum Gasteiger partial charge on any atom is 0.226 e. The summed E-state index contributed by atoms with van der Waals surface area (Å²) < 4.78 is 29.7. The Bertz CT molecular complexity index is 845. The molecule has 0 atom stereocenters. The van der Waals surface area contributed by atoms with E-state index in [9.17, 15) is 13.2 Å². The van der Waals surface area contributed by atoms with Gasteiger partial charge in [0, 0.05) is 19.6 Å². The Morgan fingerprint density at radius 3 is 2.35 bits per heavy atom. The van der Waals surface area contributed by atoms with Crippen LogP contribution in [0.15, 0.2) is 54.6 Å². The Morgan fingerprint density at radius 1 is 1.08 bits per heavy atom. The molecule has 1 N–H and O–H groups in total. The molecule has 0 aliphatic carbocycles. The number of carbonyl (C=O) groups excluding carboxylic acids is 1. The summed E-state index contributed by atoms with van der Waals surface area (Å²) in [6.07, 6.45) is 1.16. The summed E-state index contributed by atoms with van der Waals surface area (Å²) in [6, 6.07) is 17.5. The Labute approximate surface area is 153 Å². The predicted molar refractivity (Wildman–Crippen MR) is 99.0 cm³/mol. The van der Waals surface area contributed by atoms with E-state index in [1.165, 1.54) is 4.31 Å². The molecule has 1 aliphatic heterocycles. The van der Waals surface area contributed by atoms with E-state index in [-0.39, 0.29) is 24.9 Å². The first kappa shape index (κ1) is 18.4. The smallest absolute Gasteiger partial charge is 0.226 e. The van der Waals surface area contributed by atoms with E-state index >= 15 is 0 Å². The number of hydrogen-bond acceptors (Lipinski definition) is 4. The third-order valence-electron chi connectivity index (χ3n) is 4.33. The molecule has 0 radical (unpaired) electrons. The van der Waals surface area contributed by atoms with Crippen molar-refractivity contribution in [1.29, 1.82) is 0 Å². The Morgan fingerprint density at radius 2 is 1.73 bits per heavy atom. The van der Waals surface area contributed by atoms with Crippen LogP contribution in [0.5, 0.6) is 5.75 Å². The summed E-state index contributed by atoms with van der Waals surface area (Å²) in [5.41, 5.74) is 2.07. The summed E-state index contributed by atoms with van der Waals surface area (Å²) in [5.74, 6) is 0.388. The van der Waals surface area contributed by atoms with Crippen molar-refractivity contribution in [2.24, 2.45) is 5.92 Å². The van der Waals surface area contributed by atoms with Crippen LogP contribution in [0.1, 0.15) is 11.1 Å². The minimum absolute atomic E-state index is 0.116. The zero-order valence-corrected chi connectivity index (χ0v) is 15.4. The zero-order chi connectivity index (χ0) is 18.6. The average Bonchev–Trinajstić information content (AvgIpc) is 2.57. The number of nitrogens with zero attached hydrogens (tertiary/aromatic N) is 1. The van der Waals surface area contributed by atoms with Crippen LogP contribution in [-0.2, 0) is 28.0 Å². The van der Waals surface area contributed by atoms with Crippen molar-refractivity contribution < 1.29 is 17.9 Å². The third kappa shape index (κ3) is 4.83. The quantitative estimate of drug-likeness (QED) is 0.801. The molecule has 0 spiro atoms. The van der Waals surface area contributed by atoms with Crippen molar-refractivity contribution in [3.63, 3.8) is 0 Å². The summed E-state index contributed by atoms with van der Waals surface area (Å²) >= 11 is 0. The molecule has 1 amide bonds. The Balaban J connectivity index is 1.42. The summed E-state index contributed by atoms with van der Waals surface area (Å²) in [7, 11) is -3.19. The topological polar surface area (TPSA) is 75.7 Å². The van der Waals surface area contributed by atoms with Crippen molar-refractivity contribution >= 4 is 15.9 Å². The SMILES string of the molecule is CS(=O)(=O)N1CC(C(=O)NCc2ccc(OCc3ccccc3)cc2)C1. The molecule has 6 nitrogen and oxygen atoms in total. The minimum atomic E-state index is -3.19. The Kier molecular flexibility index (Phi) is 5.58. The van der Waals surface area contributed by atoms with Gasteiger partial charge in [-0.3, -0.25) is 4.79 Å². The first-order valence-electron chi connectivity index (χ1n) is 8.40. The van der Waals surface area contributed by atoms with Gasteiger partial charge in [-0.05, 0) is 23.3 Å². The highest BCUT2D eigenvalue weighted by Gasteiger charge is 2.37. The van der Waals surface area contributed by atoms with Gasteiger partial charge in [0.2, 0.25) is 15.9 Å². The van der Waals surface area contributed by atoms with E-state index < -0.39 is 10.0 Å². The van der Waals surface area contributed by atoms with Gasteiger partial charge in [-0.25, -0.2) is 12.7 Å². The minimum Gasteiger partial charge on any atom is -0.489 e. The first-order valence-corrected chi connectivity index (χ1v) is 10.2. The maximum atomic E-state index is 12.0. The van der Waals surface area contributed by atoms with E-state index in [4.69, 9.17) is 4.74 Å². The average molecular weight is 374 g/mol. The van der Waals surface area contributed by atoms with Gasteiger partial charge < -0.3 is 10.1 Å². The van der Waals surface area contributed by atoms with Crippen molar-refractivity contribution in [3.8, 4) is 5.75 Å². The molecule has 0 aromatic heterocycles. The Hall–Kier alpha value is -2.38. The van der Waals surface area contributed by atoms with E-state index in [0.29, 0.717) is 13.2 Å². The van der Waals surface area contributed by atoms with Crippen LogP contribution in [0, 0.1) is 5.92 Å². The molecule has 1 saturated heterocycles. The fourth-order valence-electron chi connectivity index (χ4n) is 2.65. The van der Waals surface area contributed by atoms with Crippen LogP contribution in [0.25, 0.3) is 0 Å². The number of sulfonamides is 1. The number of rotatable bonds is 7. The lowest BCUT2D eigenvalue weighted by Crippen LogP contribution is -2.55. The molecule has 0 saturated carbocycles. The van der Waals surface area contributed by atoms with Crippen molar-refractivity contribution in [2.45, 2.75) is 13.2 Å². The molecular formula is C19H22N2O4S. The van der Waals surface area contributed by atoms with Crippen molar-refractivity contribution in [2.75, 3.05) is 19.3 Å². The van der Waals surface area contributed by atoms with E-state index in [2.05, 4.69) is 5.32 Å². The molecule has 2 aromatic rings. The lowest BCUT2D eigenvalue weighted by atomic mass is 10.0. The van der Waals surface area contributed by atoms with Gasteiger partial charge in [0.15, 0.2) is 0 Å². The maximum absolute atomic E-state index is 12.0. The van der Waals surface area contributed by atoms with Crippen LogP contribution in [0.3, 0.4) is 0 Å². The van der Waals surface area contributed by atoms with E-state index in [1.54, 1.807) is 0 Å². The molecule has 0 bridgehead atoms. The summed E-state index contributed by atoms with van der Waals surface area (Å²) in [4.78, 5) is 12.0. The number of nitrogens with one attached hydrogen (secondary N) is 1. The molecule has 1 heterocycles. The van der Waals surface area contributed by atoms with Gasteiger partial charge in [-0.2, -0.15) is 0 Å². The molecule has 2 aromatic carbocycles. The standard InChI is InChI=1S/C19H22N2O4S/c1-26(23,24)21-12-17(13-21)19(22)20-11-15-7-9-18(10-8-15)25-14-16-5-3-2-4-6-16/h2-10,17H,11-14H2,1H3,(H,20,22). The molecular weight excluding hydrogens is 352 g/mol. The van der Waals surface area contributed by atoms with Gasteiger partial charge >= 0.3 is 0 Å². The fraction of sp³-hybridized carbons (Fsp3) is 0.316. The van der Waals surface area contributed by atoms with Gasteiger partial charge in [-0.1, -0.05) is 42.5 Å². The van der Waals surface area contributed by atoms with Gasteiger partial charge in [-0.15, -0.1) is 0 Å². The van der Waals surface area contributed by atoms with E-state index in [1.807, 2.05) is 54.6 Å². The number of ether oxygens (including phenoxy) is 1. The third-order valence-corrected chi connectivity index (χ3v) is 5.56. The second-order valence-corrected chi connectivity index (χ2v) is 8.40. The second-order valence-electron chi connectivity index (χ2n) is 6.41. The molecule has 3 rings (SSSR count). The lowest BCUT2D eigenvalue weighted by molar-refractivity contribution is -0.128. The zero-order valence-electron chi connectivity index (χ0n) is 14.6. The highest BCUT2D eigenvalue weighted by atomic mass is 32.2.